The van der Waals surface area contributed by atoms with E-state index in [1.165, 1.54) is 31.2 Å². The lowest BCUT2D eigenvalue weighted by Crippen LogP contribution is -2.70. The van der Waals surface area contributed by atoms with Crippen LogP contribution >= 0.6 is 0 Å². The standard InChI is InChI=1S/C33H40O11/c1-18-14-15-31(7,8)27(38)25(41-21(4)34)16-19(2)28(42-22(5)35)33(40)29(43-30(39)24-12-10-9-11-13-24)20(3)17-32(33,26(18)37)44-23(6)36/h9-15,18,20,25,28-29,40H,2,16-17H2,1,3-8H3/b15-14+/t18-,20-,25+,28-,29+,32-,33+/m0/s1. The number of Topliss-reactive ketones (excluding diaryl/α,β-unsaturated/α-hetero) is 2. The van der Waals surface area contributed by atoms with Gasteiger partial charge in [-0.15, -0.1) is 0 Å². The molecule has 1 aromatic carbocycles. The number of aliphatic hydroxyl groups is 1. The Hall–Kier alpha value is -4.12. The van der Waals surface area contributed by atoms with Crippen molar-refractivity contribution in [2.45, 2.75) is 90.8 Å². The molecule has 1 N–H and O–H groups in total. The van der Waals surface area contributed by atoms with Gasteiger partial charge in [0.1, 0.15) is 6.10 Å². The zero-order chi connectivity index (χ0) is 33.2. The first-order chi connectivity index (χ1) is 20.4. The van der Waals surface area contributed by atoms with Crippen molar-refractivity contribution in [3.05, 3.63) is 60.2 Å². The van der Waals surface area contributed by atoms with Crippen molar-refractivity contribution < 1.29 is 52.8 Å². The van der Waals surface area contributed by atoms with E-state index in [0.717, 1.165) is 20.8 Å². The molecule has 0 amide bonds. The molecular weight excluding hydrogens is 572 g/mol. The molecule has 2 aliphatic rings. The first kappa shape index (κ1) is 34.4. The maximum atomic E-state index is 14.4. The minimum atomic E-state index is -2.73. The summed E-state index contributed by atoms with van der Waals surface area (Å²) in [6.07, 6.45) is -2.73. The van der Waals surface area contributed by atoms with Crippen LogP contribution in [-0.4, -0.2) is 70.1 Å². The van der Waals surface area contributed by atoms with Crippen molar-refractivity contribution in [3.63, 3.8) is 0 Å². The second-order valence-corrected chi connectivity index (χ2v) is 12.2. The van der Waals surface area contributed by atoms with Crippen molar-refractivity contribution in [1.82, 2.24) is 0 Å². The average molecular weight is 613 g/mol. The topological polar surface area (TPSA) is 160 Å². The number of ether oxygens (including phenoxy) is 4. The Morgan fingerprint density at radius 3 is 2.02 bits per heavy atom. The van der Waals surface area contributed by atoms with Crippen molar-refractivity contribution in [1.29, 1.82) is 0 Å². The lowest BCUT2D eigenvalue weighted by Gasteiger charge is -2.47. The molecule has 0 unspecified atom stereocenters. The Morgan fingerprint density at radius 1 is 0.886 bits per heavy atom. The SMILES string of the molecule is C=C1C[C@@H](OC(C)=O)C(=O)C(C)(C)/C=C/[C@H](C)C(=O)[C@@]2(OC(C)=O)C[C@H](C)[C@@H](OC(=O)c3ccccc3)[C@]2(O)[C@H]1OC(C)=O. The van der Waals surface area contributed by atoms with Crippen LogP contribution in [0.2, 0.25) is 0 Å². The molecular formula is C33H40O11. The molecule has 0 bridgehead atoms. The third-order valence-corrected chi connectivity index (χ3v) is 8.12. The molecule has 1 aromatic rings. The van der Waals surface area contributed by atoms with Crippen LogP contribution in [-0.2, 0) is 42.9 Å². The van der Waals surface area contributed by atoms with Gasteiger partial charge in [0.25, 0.3) is 0 Å². The average Bonchev–Trinajstić information content (AvgIpc) is 3.14. The summed E-state index contributed by atoms with van der Waals surface area (Å²) < 4.78 is 22.6. The molecule has 44 heavy (non-hydrogen) atoms. The summed E-state index contributed by atoms with van der Waals surface area (Å²) in [5.74, 6) is -6.69. The molecule has 11 heteroatoms. The highest BCUT2D eigenvalue weighted by atomic mass is 16.6. The number of benzene rings is 1. The van der Waals surface area contributed by atoms with Crippen LogP contribution in [0, 0.1) is 17.3 Å². The fourth-order valence-electron chi connectivity index (χ4n) is 6.15. The number of hydrogen-bond acceptors (Lipinski definition) is 11. The van der Waals surface area contributed by atoms with Crippen molar-refractivity contribution in [3.8, 4) is 0 Å². The summed E-state index contributed by atoms with van der Waals surface area (Å²) in [6.45, 7) is 13.4. The molecule has 0 radical (unpaired) electrons. The Labute approximate surface area is 256 Å². The quantitative estimate of drug-likeness (QED) is 0.295. The smallest absolute Gasteiger partial charge is 0.338 e. The first-order valence-corrected chi connectivity index (χ1v) is 14.4. The van der Waals surface area contributed by atoms with Crippen LogP contribution in [0.5, 0.6) is 0 Å². The van der Waals surface area contributed by atoms with Crippen LogP contribution in [0.1, 0.15) is 71.7 Å². The summed E-state index contributed by atoms with van der Waals surface area (Å²) in [6, 6.07) is 7.89. The Kier molecular flexibility index (Phi) is 10.0. The highest BCUT2D eigenvalue weighted by Gasteiger charge is 2.75. The van der Waals surface area contributed by atoms with Crippen molar-refractivity contribution in [2.24, 2.45) is 17.3 Å². The molecule has 7 atom stereocenters. The third-order valence-electron chi connectivity index (χ3n) is 8.12. The number of carbonyl (C=O) groups is 6. The lowest BCUT2D eigenvalue weighted by molar-refractivity contribution is -0.231. The monoisotopic (exact) mass is 612 g/mol. The summed E-state index contributed by atoms with van der Waals surface area (Å²) in [4.78, 5) is 78.7. The molecule has 2 aliphatic carbocycles. The van der Waals surface area contributed by atoms with E-state index in [9.17, 15) is 33.9 Å². The summed E-state index contributed by atoms with van der Waals surface area (Å²) >= 11 is 0. The van der Waals surface area contributed by atoms with Crippen molar-refractivity contribution >= 4 is 35.4 Å². The minimum Gasteiger partial charge on any atom is -0.455 e. The fraction of sp³-hybridized carbons (Fsp3) is 0.515. The van der Waals surface area contributed by atoms with Crippen LogP contribution in [0.3, 0.4) is 0 Å². The van der Waals surface area contributed by atoms with E-state index in [4.69, 9.17) is 18.9 Å². The van der Waals surface area contributed by atoms with Crippen LogP contribution < -0.4 is 0 Å². The Balaban J connectivity index is 2.37. The van der Waals surface area contributed by atoms with Gasteiger partial charge in [0.05, 0.1) is 5.56 Å². The van der Waals surface area contributed by atoms with Gasteiger partial charge < -0.3 is 24.1 Å². The van der Waals surface area contributed by atoms with E-state index in [-0.39, 0.29) is 17.6 Å². The van der Waals surface area contributed by atoms with Gasteiger partial charge in [0.15, 0.2) is 29.4 Å². The maximum absolute atomic E-state index is 14.4. The second-order valence-electron chi connectivity index (χ2n) is 12.2. The summed E-state index contributed by atoms with van der Waals surface area (Å²) in [5.41, 5.74) is -6.39. The van der Waals surface area contributed by atoms with E-state index < -0.39 is 88.6 Å². The maximum Gasteiger partial charge on any atom is 0.338 e. The van der Waals surface area contributed by atoms with Crippen LogP contribution in [0.25, 0.3) is 0 Å². The van der Waals surface area contributed by atoms with Crippen LogP contribution in [0.4, 0.5) is 0 Å². The molecule has 0 saturated heterocycles. The van der Waals surface area contributed by atoms with Gasteiger partial charge in [0, 0.05) is 50.9 Å². The fourth-order valence-corrected chi connectivity index (χ4v) is 6.15. The largest absolute Gasteiger partial charge is 0.455 e. The molecule has 11 nitrogen and oxygen atoms in total. The molecule has 0 aliphatic heterocycles. The zero-order valence-electron chi connectivity index (χ0n) is 26.1. The molecule has 0 heterocycles. The van der Waals surface area contributed by atoms with Gasteiger partial charge in [0.2, 0.25) is 5.60 Å². The zero-order valence-corrected chi connectivity index (χ0v) is 26.1. The first-order valence-electron chi connectivity index (χ1n) is 14.4. The number of ketones is 2. The number of allylic oxidation sites excluding steroid dienone is 2. The van der Waals surface area contributed by atoms with E-state index in [2.05, 4.69) is 6.58 Å². The second kappa shape index (κ2) is 12.9. The number of carbonyl (C=O) groups excluding carboxylic acids is 6. The molecule has 3 rings (SSSR count). The number of esters is 4. The molecule has 1 fully saturated rings. The Bertz CT molecular complexity index is 1380. The summed E-state index contributed by atoms with van der Waals surface area (Å²) in [7, 11) is 0. The van der Waals surface area contributed by atoms with E-state index >= 15 is 0 Å². The molecule has 1 saturated carbocycles. The van der Waals surface area contributed by atoms with Gasteiger partial charge in [-0.05, 0) is 31.6 Å². The summed E-state index contributed by atoms with van der Waals surface area (Å²) in [5, 5.41) is 12.9. The normalized spacial score (nSPS) is 32.7. The minimum absolute atomic E-state index is 0.134. The number of hydrogen-bond donors (Lipinski definition) is 1. The predicted molar refractivity (Wildman–Crippen MR) is 156 cm³/mol. The molecule has 0 spiro atoms. The van der Waals surface area contributed by atoms with Crippen LogP contribution in [0.15, 0.2) is 54.6 Å². The highest BCUT2D eigenvalue weighted by molar-refractivity contribution is 5.96. The van der Waals surface area contributed by atoms with Gasteiger partial charge in [-0.2, -0.15) is 0 Å². The van der Waals surface area contributed by atoms with Gasteiger partial charge in [-0.25, -0.2) is 4.79 Å². The van der Waals surface area contributed by atoms with Gasteiger partial charge in [-0.3, -0.25) is 24.0 Å². The van der Waals surface area contributed by atoms with E-state index in [1.54, 1.807) is 39.0 Å². The third kappa shape index (κ3) is 6.52. The van der Waals surface area contributed by atoms with Gasteiger partial charge >= 0.3 is 23.9 Å². The van der Waals surface area contributed by atoms with E-state index in [0.29, 0.717) is 0 Å². The van der Waals surface area contributed by atoms with Crippen molar-refractivity contribution in [2.75, 3.05) is 0 Å². The molecule has 0 aromatic heterocycles. The highest BCUT2D eigenvalue weighted by Crippen LogP contribution is 2.53. The lowest BCUT2D eigenvalue weighted by atomic mass is 9.70. The number of rotatable bonds is 5. The number of fused-ring (bicyclic) bond motifs is 1. The van der Waals surface area contributed by atoms with E-state index in [1.807, 2.05) is 0 Å². The Morgan fingerprint density at radius 2 is 1.48 bits per heavy atom. The predicted octanol–water partition coefficient (Wildman–Crippen LogP) is 3.46. The molecule has 238 valence electrons. The van der Waals surface area contributed by atoms with Gasteiger partial charge in [-0.1, -0.05) is 50.8 Å².